The Kier molecular flexibility index (Phi) is 3.68. The van der Waals surface area contributed by atoms with E-state index in [-0.39, 0.29) is 23.4 Å². The van der Waals surface area contributed by atoms with Gasteiger partial charge in [-0.05, 0) is 31.0 Å². The summed E-state index contributed by atoms with van der Waals surface area (Å²) in [6, 6.07) is 4.87. The number of carbonyl (C=O) groups is 2. The largest absolute Gasteiger partial charge is 0.439 e. The van der Waals surface area contributed by atoms with E-state index < -0.39 is 11.7 Å². The molecular formula is C17H16ClN3O4. The molecule has 8 heteroatoms. The maximum Gasteiger partial charge on any atom is 0.407 e. The number of H-pyrrole nitrogens is 1. The molecule has 2 aliphatic rings. The van der Waals surface area contributed by atoms with Crippen LogP contribution >= 0.6 is 11.6 Å². The summed E-state index contributed by atoms with van der Waals surface area (Å²) in [4.78, 5) is 41.5. The van der Waals surface area contributed by atoms with E-state index in [0.29, 0.717) is 41.9 Å². The number of aromatic nitrogens is 1. The van der Waals surface area contributed by atoms with E-state index in [9.17, 15) is 14.4 Å². The van der Waals surface area contributed by atoms with Crippen molar-refractivity contribution in [1.82, 2.24) is 15.2 Å². The summed E-state index contributed by atoms with van der Waals surface area (Å²) in [5.41, 5.74) is -0.374. The number of piperidine rings is 1. The van der Waals surface area contributed by atoms with Crippen molar-refractivity contribution in [3.05, 3.63) is 45.2 Å². The van der Waals surface area contributed by atoms with E-state index in [4.69, 9.17) is 16.3 Å². The van der Waals surface area contributed by atoms with Gasteiger partial charge >= 0.3 is 6.09 Å². The van der Waals surface area contributed by atoms with Gasteiger partial charge in [0.05, 0.1) is 18.6 Å². The normalized spacial score (nSPS) is 22.9. The molecule has 2 aliphatic heterocycles. The quantitative estimate of drug-likeness (QED) is 0.811. The van der Waals surface area contributed by atoms with Gasteiger partial charge in [-0.1, -0.05) is 11.6 Å². The van der Waals surface area contributed by atoms with Crippen LogP contribution in [0.15, 0.2) is 29.2 Å². The lowest BCUT2D eigenvalue weighted by atomic mass is 9.92. The highest BCUT2D eigenvalue weighted by Gasteiger charge is 2.45. The van der Waals surface area contributed by atoms with E-state index in [1.165, 1.54) is 6.20 Å². The number of fused-ring (bicyclic) bond motifs is 1. The first-order valence-corrected chi connectivity index (χ1v) is 8.42. The number of benzene rings is 1. The predicted molar refractivity (Wildman–Crippen MR) is 91.9 cm³/mol. The third-order valence-electron chi connectivity index (χ3n) is 4.76. The van der Waals surface area contributed by atoms with E-state index >= 15 is 0 Å². The fourth-order valence-electron chi connectivity index (χ4n) is 3.52. The minimum Gasteiger partial charge on any atom is -0.439 e. The third-order valence-corrected chi connectivity index (χ3v) is 5.00. The van der Waals surface area contributed by atoms with Crippen LogP contribution in [-0.4, -0.2) is 47.1 Å². The number of amides is 2. The SMILES string of the molecule is O=C1NC[C@]2(CCCN(C(=O)c3c[nH]c4cc(Cl)ccc4c3=O)C2)O1. The number of nitrogens with one attached hydrogen (secondary N) is 2. The lowest BCUT2D eigenvalue weighted by Crippen LogP contribution is -2.52. The molecule has 7 nitrogen and oxygen atoms in total. The highest BCUT2D eigenvalue weighted by atomic mass is 35.5. The molecular weight excluding hydrogens is 346 g/mol. The van der Waals surface area contributed by atoms with E-state index in [0.717, 1.165) is 0 Å². The Morgan fingerprint density at radius 3 is 2.92 bits per heavy atom. The monoisotopic (exact) mass is 361 g/mol. The summed E-state index contributed by atoms with van der Waals surface area (Å²) in [6.45, 7) is 1.18. The zero-order valence-electron chi connectivity index (χ0n) is 13.3. The first-order valence-electron chi connectivity index (χ1n) is 8.05. The minimum atomic E-state index is -0.692. The van der Waals surface area contributed by atoms with Gasteiger partial charge in [-0.15, -0.1) is 0 Å². The molecule has 2 fully saturated rings. The zero-order valence-corrected chi connectivity index (χ0v) is 14.1. The third kappa shape index (κ3) is 2.74. The molecule has 0 bridgehead atoms. The van der Waals surface area contributed by atoms with Crippen LogP contribution in [0.25, 0.3) is 10.9 Å². The van der Waals surface area contributed by atoms with Crippen molar-refractivity contribution in [2.24, 2.45) is 0 Å². The highest BCUT2D eigenvalue weighted by molar-refractivity contribution is 6.31. The van der Waals surface area contributed by atoms with Crippen molar-refractivity contribution in [2.45, 2.75) is 18.4 Å². The van der Waals surface area contributed by atoms with Gasteiger partial charge in [0.15, 0.2) is 0 Å². The minimum absolute atomic E-state index is 0.0733. The van der Waals surface area contributed by atoms with E-state index in [2.05, 4.69) is 10.3 Å². The lowest BCUT2D eigenvalue weighted by molar-refractivity contribution is -0.00509. The van der Waals surface area contributed by atoms with Crippen molar-refractivity contribution in [3.8, 4) is 0 Å². The van der Waals surface area contributed by atoms with Gasteiger partial charge in [-0.2, -0.15) is 0 Å². The molecule has 25 heavy (non-hydrogen) atoms. The molecule has 2 amide bonds. The lowest BCUT2D eigenvalue weighted by Gasteiger charge is -2.38. The molecule has 2 N–H and O–H groups in total. The molecule has 130 valence electrons. The molecule has 2 aromatic rings. The van der Waals surface area contributed by atoms with Crippen molar-refractivity contribution in [1.29, 1.82) is 0 Å². The molecule has 0 unspecified atom stereocenters. The Morgan fingerprint density at radius 2 is 2.16 bits per heavy atom. The summed E-state index contributed by atoms with van der Waals surface area (Å²) in [5, 5.41) is 3.56. The van der Waals surface area contributed by atoms with Crippen molar-refractivity contribution in [2.75, 3.05) is 19.6 Å². The second kappa shape index (κ2) is 5.77. The number of ether oxygens (including phenoxy) is 1. The van der Waals surface area contributed by atoms with Crippen molar-refractivity contribution < 1.29 is 14.3 Å². The van der Waals surface area contributed by atoms with Crippen LogP contribution in [0.4, 0.5) is 4.79 Å². The molecule has 4 rings (SSSR count). The number of halogens is 1. The molecule has 1 aromatic heterocycles. The molecule has 1 aromatic carbocycles. The Labute approximate surface area is 147 Å². The van der Waals surface area contributed by atoms with Crippen molar-refractivity contribution in [3.63, 3.8) is 0 Å². The molecule has 1 spiro atoms. The molecule has 2 saturated heterocycles. The number of likely N-dealkylation sites (tertiary alicyclic amines) is 1. The van der Waals surface area contributed by atoms with Gasteiger partial charge in [0.1, 0.15) is 11.2 Å². The van der Waals surface area contributed by atoms with E-state index in [1.807, 2.05) is 0 Å². The van der Waals surface area contributed by atoms with Gasteiger partial charge in [-0.25, -0.2) is 4.79 Å². The Bertz CT molecular complexity index is 941. The highest BCUT2D eigenvalue weighted by Crippen LogP contribution is 2.28. The number of hydrogen-bond acceptors (Lipinski definition) is 4. The number of hydrogen-bond donors (Lipinski definition) is 2. The van der Waals surface area contributed by atoms with Crippen LogP contribution in [0.3, 0.4) is 0 Å². The Morgan fingerprint density at radius 1 is 1.32 bits per heavy atom. The van der Waals surface area contributed by atoms with Crippen LogP contribution in [0.1, 0.15) is 23.2 Å². The molecule has 0 radical (unpaired) electrons. The standard InChI is InChI=1S/C17H16ClN3O4/c18-10-2-3-11-13(6-10)19-7-12(14(11)22)15(23)21-5-1-4-17(9-21)8-20-16(24)25-17/h2-3,6-7H,1,4-5,8-9H2,(H,19,22)(H,20,24)/t17-/m0/s1. The summed E-state index contributed by atoms with van der Waals surface area (Å²) in [5.74, 6) is -0.361. The Balaban J connectivity index is 1.65. The maximum atomic E-state index is 12.9. The van der Waals surface area contributed by atoms with Crippen LogP contribution in [0.2, 0.25) is 5.02 Å². The number of pyridine rings is 1. The van der Waals surface area contributed by atoms with Gasteiger partial charge < -0.3 is 19.9 Å². The van der Waals surface area contributed by atoms with Crippen LogP contribution in [0, 0.1) is 0 Å². The van der Waals surface area contributed by atoms with Crippen LogP contribution < -0.4 is 10.7 Å². The molecule has 1 atom stereocenters. The summed E-state index contributed by atoms with van der Waals surface area (Å²) in [7, 11) is 0. The summed E-state index contributed by atoms with van der Waals surface area (Å²) in [6.07, 6.45) is 2.36. The predicted octanol–water partition coefficient (Wildman–Crippen LogP) is 1.90. The Hall–Kier alpha value is -2.54. The topological polar surface area (TPSA) is 91.5 Å². The van der Waals surface area contributed by atoms with Gasteiger partial charge in [-0.3, -0.25) is 9.59 Å². The average molecular weight is 362 g/mol. The number of alkyl carbamates (subject to hydrolysis) is 1. The summed E-state index contributed by atoms with van der Waals surface area (Å²) < 4.78 is 5.38. The fourth-order valence-corrected chi connectivity index (χ4v) is 3.70. The van der Waals surface area contributed by atoms with Gasteiger partial charge in [0.2, 0.25) is 5.43 Å². The smallest absolute Gasteiger partial charge is 0.407 e. The molecule has 0 saturated carbocycles. The number of nitrogens with zero attached hydrogens (tertiary/aromatic N) is 1. The average Bonchev–Trinajstić information content (AvgIpc) is 2.94. The van der Waals surface area contributed by atoms with Gasteiger partial charge in [0.25, 0.3) is 5.91 Å². The maximum absolute atomic E-state index is 12.9. The van der Waals surface area contributed by atoms with Crippen LogP contribution in [-0.2, 0) is 4.74 Å². The molecule has 0 aliphatic carbocycles. The number of rotatable bonds is 1. The van der Waals surface area contributed by atoms with E-state index in [1.54, 1.807) is 23.1 Å². The second-order valence-electron chi connectivity index (χ2n) is 6.48. The zero-order chi connectivity index (χ0) is 17.6. The number of carbonyl (C=O) groups excluding carboxylic acids is 2. The second-order valence-corrected chi connectivity index (χ2v) is 6.91. The number of aromatic amines is 1. The van der Waals surface area contributed by atoms with Gasteiger partial charge in [0, 0.05) is 23.2 Å². The van der Waals surface area contributed by atoms with Crippen LogP contribution in [0.5, 0.6) is 0 Å². The molecule has 3 heterocycles. The van der Waals surface area contributed by atoms with Crippen molar-refractivity contribution >= 4 is 34.5 Å². The first kappa shape index (κ1) is 16.0. The first-order chi connectivity index (χ1) is 12.0. The fraction of sp³-hybridized carbons (Fsp3) is 0.353. The summed E-state index contributed by atoms with van der Waals surface area (Å²) >= 11 is 5.93.